The maximum absolute atomic E-state index is 12.5. The van der Waals surface area contributed by atoms with E-state index < -0.39 is 0 Å². The first-order valence-electron chi connectivity index (χ1n) is 14.3. The molecule has 1 saturated carbocycles. The lowest BCUT2D eigenvalue weighted by Gasteiger charge is -2.42. The standard InChI is InChI=1S/C31H41N7O2/c1-6-28(39)38-17-16-37(18-24(38)10-14-32)29-25-11-15-36(27-9-7-8-22(2)23(27)3)19-26(25)33-30(34-29)40-21-31(12-13-31)20-35(4)5/h6-9,24H,1,10-13,15-21H2,2-5H3. The summed E-state index contributed by atoms with van der Waals surface area (Å²) < 4.78 is 6.34. The number of nitrogens with zero attached hydrogens (tertiary/aromatic N) is 7. The van der Waals surface area contributed by atoms with Crippen LogP contribution in [0.4, 0.5) is 11.5 Å². The number of anilines is 2. The van der Waals surface area contributed by atoms with Crippen molar-refractivity contribution in [3.63, 3.8) is 0 Å². The molecule has 1 aromatic heterocycles. The van der Waals surface area contributed by atoms with E-state index in [1.165, 1.54) is 22.9 Å². The number of carbonyl (C=O) groups excluding carboxylic acids is 1. The lowest BCUT2D eigenvalue weighted by Crippen LogP contribution is -2.55. The van der Waals surface area contributed by atoms with Crippen LogP contribution < -0.4 is 14.5 Å². The molecule has 1 saturated heterocycles. The van der Waals surface area contributed by atoms with E-state index in [-0.39, 0.29) is 23.8 Å². The Morgan fingerprint density at radius 1 is 1.23 bits per heavy atom. The number of fused-ring (bicyclic) bond motifs is 1. The maximum Gasteiger partial charge on any atom is 0.318 e. The molecule has 1 aliphatic carbocycles. The van der Waals surface area contributed by atoms with Crippen molar-refractivity contribution in [3.8, 4) is 12.1 Å². The molecule has 1 amide bonds. The topological polar surface area (TPSA) is 88.8 Å². The van der Waals surface area contributed by atoms with Crippen LogP contribution in [0.2, 0.25) is 0 Å². The van der Waals surface area contributed by atoms with Gasteiger partial charge in [0.05, 0.1) is 37.4 Å². The molecule has 2 aromatic rings. The number of hydrogen-bond donors (Lipinski definition) is 0. The van der Waals surface area contributed by atoms with E-state index in [2.05, 4.69) is 73.5 Å². The van der Waals surface area contributed by atoms with Crippen molar-refractivity contribution in [2.24, 2.45) is 5.41 Å². The minimum absolute atomic E-state index is 0.131. The Morgan fingerprint density at radius 3 is 2.73 bits per heavy atom. The molecule has 1 unspecified atom stereocenters. The average Bonchev–Trinajstić information content (AvgIpc) is 3.71. The molecule has 5 rings (SSSR count). The van der Waals surface area contributed by atoms with Gasteiger partial charge < -0.3 is 24.3 Å². The number of aromatic nitrogens is 2. The molecule has 0 radical (unpaired) electrons. The number of aryl methyl sites for hydroxylation is 1. The summed E-state index contributed by atoms with van der Waals surface area (Å²) in [5.74, 6) is 0.750. The van der Waals surface area contributed by atoms with Crippen LogP contribution in [0.1, 0.15) is 41.6 Å². The molecule has 212 valence electrons. The summed E-state index contributed by atoms with van der Waals surface area (Å²) in [5, 5.41) is 9.49. The van der Waals surface area contributed by atoms with Crippen molar-refractivity contribution in [1.29, 1.82) is 5.26 Å². The van der Waals surface area contributed by atoms with Crippen LogP contribution in [0.25, 0.3) is 0 Å². The average molecular weight is 544 g/mol. The second kappa shape index (κ2) is 11.5. The Labute approximate surface area is 238 Å². The number of carbonyl (C=O) groups is 1. The summed E-state index contributed by atoms with van der Waals surface area (Å²) in [5.41, 5.74) is 6.11. The van der Waals surface area contributed by atoms with Gasteiger partial charge in [-0.2, -0.15) is 15.2 Å². The number of nitriles is 1. The Bertz CT molecular complexity index is 1310. The highest BCUT2D eigenvalue weighted by molar-refractivity contribution is 5.87. The van der Waals surface area contributed by atoms with E-state index in [1.807, 2.05) is 0 Å². The summed E-state index contributed by atoms with van der Waals surface area (Å²) in [6, 6.07) is 8.92. The third-order valence-electron chi connectivity index (χ3n) is 8.62. The summed E-state index contributed by atoms with van der Waals surface area (Å²) in [4.78, 5) is 31.1. The first-order chi connectivity index (χ1) is 19.2. The fourth-order valence-corrected chi connectivity index (χ4v) is 6.15. The molecule has 2 fully saturated rings. The van der Waals surface area contributed by atoms with Crippen molar-refractivity contribution >= 4 is 17.4 Å². The quantitative estimate of drug-likeness (QED) is 0.444. The lowest BCUT2D eigenvalue weighted by atomic mass is 10.0. The number of ether oxygens (including phenoxy) is 1. The van der Waals surface area contributed by atoms with Crippen molar-refractivity contribution in [2.45, 2.75) is 52.1 Å². The molecule has 3 aliphatic rings. The van der Waals surface area contributed by atoms with E-state index in [4.69, 9.17) is 14.7 Å². The highest BCUT2D eigenvalue weighted by Crippen LogP contribution is 2.46. The predicted octanol–water partition coefficient (Wildman–Crippen LogP) is 3.49. The Balaban J connectivity index is 1.46. The van der Waals surface area contributed by atoms with E-state index >= 15 is 0 Å². The summed E-state index contributed by atoms with van der Waals surface area (Å²) in [6.45, 7) is 12.8. The summed E-state index contributed by atoms with van der Waals surface area (Å²) >= 11 is 0. The molecule has 1 aromatic carbocycles. The Hall–Kier alpha value is -3.64. The number of rotatable bonds is 9. The van der Waals surface area contributed by atoms with Gasteiger partial charge in [0, 0.05) is 49.4 Å². The van der Waals surface area contributed by atoms with E-state index in [1.54, 1.807) is 4.90 Å². The Kier molecular flexibility index (Phi) is 7.99. The fraction of sp³-hybridized carbons (Fsp3) is 0.548. The molecule has 0 bridgehead atoms. The maximum atomic E-state index is 12.5. The van der Waals surface area contributed by atoms with Crippen LogP contribution >= 0.6 is 0 Å². The normalized spacial score (nSPS) is 19.7. The molecule has 3 heterocycles. The first-order valence-corrected chi connectivity index (χ1v) is 14.3. The third kappa shape index (κ3) is 5.78. The van der Waals surface area contributed by atoms with E-state index in [0.29, 0.717) is 38.8 Å². The second-order valence-corrected chi connectivity index (χ2v) is 11.9. The van der Waals surface area contributed by atoms with Gasteiger partial charge in [-0.05, 0) is 70.5 Å². The van der Waals surface area contributed by atoms with Gasteiger partial charge >= 0.3 is 6.01 Å². The van der Waals surface area contributed by atoms with Crippen LogP contribution in [0.3, 0.4) is 0 Å². The number of hydrogen-bond acceptors (Lipinski definition) is 8. The molecule has 1 atom stereocenters. The smallest absolute Gasteiger partial charge is 0.318 e. The van der Waals surface area contributed by atoms with E-state index in [0.717, 1.165) is 49.4 Å². The van der Waals surface area contributed by atoms with Crippen LogP contribution in [0, 0.1) is 30.6 Å². The molecular formula is C31H41N7O2. The molecular weight excluding hydrogens is 502 g/mol. The predicted molar refractivity (Wildman–Crippen MR) is 157 cm³/mol. The van der Waals surface area contributed by atoms with Crippen LogP contribution in [-0.2, 0) is 17.8 Å². The lowest BCUT2D eigenvalue weighted by molar-refractivity contribution is -0.128. The third-order valence-corrected chi connectivity index (χ3v) is 8.62. The van der Waals surface area contributed by atoms with Gasteiger partial charge in [0.25, 0.3) is 0 Å². The molecule has 0 N–H and O–H groups in total. The molecule has 2 aliphatic heterocycles. The van der Waals surface area contributed by atoms with Gasteiger partial charge in [0.2, 0.25) is 5.91 Å². The SMILES string of the molecule is C=CC(=O)N1CCN(c2nc(OCC3(CN(C)C)CC3)nc3c2CCN(c2cccc(C)c2C)C3)CC1CC#N. The largest absolute Gasteiger partial charge is 0.463 e. The van der Waals surface area contributed by atoms with Gasteiger partial charge in [-0.25, -0.2) is 0 Å². The van der Waals surface area contributed by atoms with E-state index in [9.17, 15) is 10.1 Å². The number of amides is 1. The van der Waals surface area contributed by atoms with Gasteiger partial charge in [0.1, 0.15) is 5.82 Å². The minimum atomic E-state index is -0.218. The van der Waals surface area contributed by atoms with Crippen LogP contribution in [-0.4, -0.2) is 85.1 Å². The zero-order valence-electron chi connectivity index (χ0n) is 24.3. The molecule has 0 spiro atoms. The summed E-state index contributed by atoms with van der Waals surface area (Å²) in [7, 11) is 4.20. The van der Waals surface area contributed by atoms with Gasteiger partial charge in [0.15, 0.2) is 0 Å². The molecule has 9 nitrogen and oxygen atoms in total. The van der Waals surface area contributed by atoms with Gasteiger partial charge in [-0.3, -0.25) is 4.79 Å². The van der Waals surface area contributed by atoms with Crippen molar-refractivity contribution in [1.82, 2.24) is 19.8 Å². The van der Waals surface area contributed by atoms with Gasteiger partial charge in [-0.1, -0.05) is 18.7 Å². The number of benzene rings is 1. The zero-order valence-corrected chi connectivity index (χ0v) is 24.3. The molecule has 40 heavy (non-hydrogen) atoms. The highest BCUT2D eigenvalue weighted by atomic mass is 16.5. The van der Waals surface area contributed by atoms with Crippen LogP contribution in [0.15, 0.2) is 30.9 Å². The second-order valence-electron chi connectivity index (χ2n) is 11.9. The monoisotopic (exact) mass is 543 g/mol. The zero-order chi connectivity index (χ0) is 28.4. The number of piperazine rings is 1. The minimum Gasteiger partial charge on any atom is -0.463 e. The first kappa shape index (κ1) is 27.9. The van der Waals surface area contributed by atoms with Crippen molar-refractivity contribution < 1.29 is 9.53 Å². The fourth-order valence-electron chi connectivity index (χ4n) is 6.15. The summed E-state index contributed by atoms with van der Waals surface area (Å²) in [6.07, 6.45) is 4.72. The Morgan fingerprint density at radius 2 is 2.02 bits per heavy atom. The highest BCUT2D eigenvalue weighted by Gasteiger charge is 2.44. The van der Waals surface area contributed by atoms with Crippen LogP contribution in [0.5, 0.6) is 6.01 Å². The molecule has 9 heteroatoms. The van der Waals surface area contributed by atoms with Gasteiger partial charge in [-0.15, -0.1) is 0 Å². The van der Waals surface area contributed by atoms with Crippen molar-refractivity contribution in [3.05, 3.63) is 53.2 Å². The van der Waals surface area contributed by atoms with Crippen molar-refractivity contribution in [2.75, 3.05) is 63.2 Å².